The molecule has 2 nitrogen and oxygen atoms in total. The Morgan fingerprint density at radius 3 is 1.77 bits per heavy atom. The Labute approximate surface area is 156 Å². The molecule has 0 spiro atoms. The molecule has 0 fully saturated rings. The minimum Gasteiger partial charge on any atom is -0.550 e. The van der Waals surface area contributed by atoms with Crippen molar-refractivity contribution < 1.29 is 39.5 Å². The summed E-state index contributed by atoms with van der Waals surface area (Å²) in [4.78, 5) is 10.4. The van der Waals surface area contributed by atoms with Gasteiger partial charge in [-0.3, -0.25) is 0 Å². The molecule has 0 bridgehead atoms. The molecule has 0 saturated carbocycles. The zero-order chi connectivity index (χ0) is 14.9. The third-order valence-corrected chi connectivity index (χ3v) is 6.00. The number of benzene rings is 2. The average Bonchev–Trinajstić information content (AvgIpc) is 2.52. The molecule has 0 amide bonds. The molecule has 0 atom stereocenters. The van der Waals surface area contributed by atoms with Crippen LogP contribution in [0.15, 0.2) is 60.7 Å². The summed E-state index contributed by atoms with van der Waals surface area (Å²) in [7, 11) is -0.346. The van der Waals surface area contributed by atoms with Crippen molar-refractivity contribution in [2.24, 2.45) is 0 Å². The largest absolute Gasteiger partial charge is 1.00 e. The Balaban J connectivity index is 0.00000242. The fourth-order valence-corrected chi connectivity index (χ4v) is 4.76. The molecule has 0 saturated heterocycles. The van der Waals surface area contributed by atoms with Crippen molar-refractivity contribution in [2.75, 3.05) is 6.16 Å². The summed E-state index contributed by atoms with van der Waals surface area (Å²) in [6.07, 6.45) is 4.01. The zero-order valence-corrected chi connectivity index (χ0v) is 16.0. The number of carboxylic acid groups (broad SMARTS) is 1. The first-order valence-electron chi connectivity index (χ1n) is 7.35. The van der Waals surface area contributed by atoms with Gasteiger partial charge in [0.1, 0.15) is 0 Å². The summed E-state index contributed by atoms with van der Waals surface area (Å²) in [6, 6.07) is 21.2. The van der Waals surface area contributed by atoms with E-state index in [2.05, 4.69) is 48.5 Å². The Morgan fingerprint density at radius 1 is 0.818 bits per heavy atom. The quantitative estimate of drug-likeness (QED) is 0.371. The van der Waals surface area contributed by atoms with Gasteiger partial charge in [0.2, 0.25) is 0 Å². The van der Waals surface area contributed by atoms with Crippen LogP contribution in [0.4, 0.5) is 0 Å². The van der Waals surface area contributed by atoms with Crippen LogP contribution in [0.3, 0.4) is 0 Å². The van der Waals surface area contributed by atoms with Crippen molar-refractivity contribution in [1.29, 1.82) is 0 Å². The number of unbranched alkanes of at least 4 members (excludes halogenated alkanes) is 2. The van der Waals surface area contributed by atoms with Gasteiger partial charge in [-0.1, -0.05) is 67.1 Å². The van der Waals surface area contributed by atoms with Crippen molar-refractivity contribution >= 4 is 24.5 Å². The average molecular weight is 322 g/mol. The second-order valence-corrected chi connectivity index (χ2v) is 7.34. The van der Waals surface area contributed by atoms with E-state index in [0.29, 0.717) is 0 Å². The van der Waals surface area contributed by atoms with E-state index >= 15 is 0 Å². The SMILES string of the molecule is O=C([O-])CCCCCP(c1ccccc1)c1ccccc1.[Na+]. The second kappa shape index (κ2) is 11.0. The first-order chi connectivity index (χ1) is 10.3. The summed E-state index contributed by atoms with van der Waals surface area (Å²) in [5, 5.41) is 13.2. The molecule has 0 aliphatic heterocycles. The predicted octanol–water partition coefficient (Wildman–Crippen LogP) is -0.566. The standard InChI is InChI=1S/C18H21O2P.Na/c19-18(20)14-8-3-9-15-21(16-10-4-1-5-11-16)17-12-6-2-7-13-17;/h1-2,4-7,10-13H,3,8-9,14-15H2,(H,19,20);/q;+1/p-1. The number of rotatable bonds is 8. The minimum atomic E-state index is -0.941. The van der Waals surface area contributed by atoms with Gasteiger partial charge in [-0.2, -0.15) is 0 Å². The number of hydrogen-bond acceptors (Lipinski definition) is 2. The first-order valence-corrected chi connectivity index (χ1v) is 8.87. The fraction of sp³-hybridized carbons (Fsp3) is 0.278. The molecule has 0 aliphatic rings. The van der Waals surface area contributed by atoms with Crippen LogP contribution in [0.5, 0.6) is 0 Å². The number of carboxylic acids is 1. The maximum atomic E-state index is 10.4. The van der Waals surface area contributed by atoms with E-state index in [1.165, 1.54) is 10.6 Å². The van der Waals surface area contributed by atoms with Crippen molar-refractivity contribution in [3.8, 4) is 0 Å². The molecule has 0 unspecified atom stereocenters. The minimum absolute atomic E-state index is 0. The van der Waals surface area contributed by atoms with Crippen LogP contribution in [0.25, 0.3) is 0 Å². The van der Waals surface area contributed by atoms with Crippen LogP contribution in [0, 0.1) is 0 Å². The molecule has 2 rings (SSSR count). The van der Waals surface area contributed by atoms with Gasteiger partial charge in [0, 0.05) is 5.97 Å². The summed E-state index contributed by atoms with van der Waals surface area (Å²) in [6.45, 7) is 0. The van der Waals surface area contributed by atoms with Gasteiger partial charge in [0.05, 0.1) is 0 Å². The molecule has 2 aromatic rings. The van der Waals surface area contributed by atoms with Crippen molar-refractivity contribution in [1.82, 2.24) is 0 Å². The van der Waals surface area contributed by atoms with E-state index in [0.717, 1.165) is 25.4 Å². The molecule has 0 N–H and O–H groups in total. The third-order valence-electron chi connectivity index (χ3n) is 3.40. The van der Waals surface area contributed by atoms with E-state index in [-0.39, 0.29) is 43.9 Å². The van der Waals surface area contributed by atoms with Crippen LogP contribution in [-0.4, -0.2) is 12.1 Å². The Bertz CT molecular complexity index is 506. The molecular weight excluding hydrogens is 302 g/mol. The predicted molar refractivity (Wildman–Crippen MR) is 87.4 cm³/mol. The molecule has 22 heavy (non-hydrogen) atoms. The van der Waals surface area contributed by atoms with E-state index < -0.39 is 5.97 Å². The number of aliphatic carboxylic acids is 1. The summed E-state index contributed by atoms with van der Waals surface area (Å²) in [5.74, 6) is -0.941. The van der Waals surface area contributed by atoms with Gasteiger partial charge >= 0.3 is 29.6 Å². The second-order valence-electron chi connectivity index (χ2n) is 5.01. The van der Waals surface area contributed by atoms with Crippen LogP contribution in [0.2, 0.25) is 0 Å². The molecule has 4 heteroatoms. The van der Waals surface area contributed by atoms with Gasteiger partial charge < -0.3 is 9.90 Å². The molecular formula is C18H20NaO2P. The first kappa shape index (κ1) is 19.4. The topological polar surface area (TPSA) is 40.1 Å². The van der Waals surface area contributed by atoms with Crippen LogP contribution >= 0.6 is 7.92 Å². The molecule has 110 valence electrons. The van der Waals surface area contributed by atoms with E-state index in [1.54, 1.807) is 0 Å². The van der Waals surface area contributed by atoms with Gasteiger partial charge in [0.25, 0.3) is 0 Å². The summed E-state index contributed by atoms with van der Waals surface area (Å²) in [5.41, 5.74) is 0. The number of hydrogen-bond donors (Lipinski definition) is 0. The monoisotopic (exact) mass is 322 g/mol. The molecule has 2 aromatic carbocycles. The van der Waals surface area contributed by atoms with Crippen LogP contribution < -0.4 is 45.3 Å². The maximum absolute atomic E-state index is 10.4. The van der Waals surface area contributed by atoms with Gasteiger partial charge in [-0.05, 0) is 44.0 Å². The smallest absolute Gasteiger partial charge is 0.550 e. The van der Waals surface area contributed by atoms with Crippen molar-refractivity contribution in [3.05, 3.63) is 60.7 Å². The fourth-order valence-electron chi connectivity index (χ4n) is 2.34. The van der Waals surface area contributed by atoms with Gasteiger partial charge in [-0.15, -0.1) is 0 Å². The third kappa shape index (κ3) is 6.62. The summed E-state index contributed by atoms with van der Waals surface area (Å²) >= 11 is 0. The van der Waals surface area contributed by atoms with Crippen molar-refractivity contribution in [3.63, 3.8) is 0 Å². The molecule has 0 aromatic heterocycles. The number of carbonyl (C=O) groups is 1. The van der Waals surface area contributed by atoms with Gasteiger partial charge in [-0.25, -0.2) is 0 Å². The summed E-state index contributed by atoms with van der Waals surface area (Å²) < 4.78 is 0. The van der Waals surface area contributed by atoms with Crippen LogP contribution in [0.1, 0.15) is 25.7 Å². The number of carbonyl (C=O) groups excluding carboxylic acids is 1. The van der Waals surface area contributed by atoms with E-state index in [9.17, 15) is 9.90 Å². The van der Waals surface area contributed by atoms with E-state index in [4.69, 9.17) is 0 Å². The van der Waals surface area contributed by atoms with Crippen LogP contribution in [-0.2, 0) is 4.79 Å². The maximum Gasteiger partial charge on any atom is 1.00 e. The Morgan fingerprint density at radius 2 is 1.32 bits per heavy atom. The van der Waals surface area contributed by atoms with E-state index in [1.807, 2.05) is 12.1 Å². The Kier molecular flexibility index (Phi) is 9.66. The molecule has 0 radical (unpaired) electrons. The van der Waals surface area contributed by atoms with Gasteiger partial charge in [0.15, 0.2) is 0 Å². The normalized spacial score (nSPS) is 10.2. The van der Waals surface area contributed by atoms with Crippen molar-refractivity contribution in [2.45, 2.75) is 25.7 Å². The zero-order valence-electron chi connectivity index (χ0n) is 13.1. The molecule has 0 aliphatic carbocycles. The molecule has 0 heterocycles. The Hall–Kier alpha value is -0.660.